The van der Waals surface area contributed by atoms with Crippen LogP contribution in [0.1, 0.15) is 26.6 Å². The maximum Gasteiger partial charge on any atom is 0.261 e. The number of hydrogen-bond acceptors (Lipinski definition) is 5. The molecule has 0 amide bonds. The molecule has 2 N–H and O–H groups in total. The Labute approximate surface area is 121 Å². The van der Waals surface area contributed by atoms with E-state index >= 15 is 0 Å². The molecule has 7 heteroatoms. The zero-order valence-corrected chi connectivity index (χ0v) is 12.1. The van der Waals surface area contributed by atoms with Gasteiger partial charge in [-0.25, -0.2) is 8.78 Å². The van der Waals surface area contributed by atoms with E-state index in [9.17, 15) is 8.78 Å². The lowest BCUT2D eigenvalue weighted by Crippen LogP contribution is -2.40. The smallest absolute Gasteiger partial charge is 0.261 e. The highest BCUT2D eigenvalue weighted by molar-refractivity contribution is 5.53. The molecule has 0 aliphatic rings. The van der Waals surface area contributed by atoms with E-state index < -0.39 is 17.2 Å². The molecule has 0 radical (unpaired) electrons. The Hall–Kier alpha value is -1.86. The minimum absolute atomic E-state index is 0.0000833. The Bertz CT molecular complexity index is 626. The highest BCUT2D eigenvalue weighted by Crippen LogP contribution is 2.24. The van der Waals surface area contributed by atoms with Crippen molar-refractivity contribution in [3.05, 3.63) is 35.7 Å². The van der Waals surface area contributed by atoms with Crippen LogP contribution in [0.4, 0.5) is 8.78 Å². The summed E-state index contributed by atoms with van der Waals surface area (Å²) in [6.07, 6.45) is -0.0000833. The van der Waals surface area contributed by atoms with Crippen LogP contribution < -0.4 is 5.73 Å². The van der Waals surface area contributed by atoms with E-state index in [4.69, 9.17) is 15.0 Å². The van der Waals surface area contributed by atoms with Crippen LogP contribution in [0.25, 0.3) is 11.5 Å². The Balaban J connectivity index is 2.27. The van der Waals surface area contributed by atoms with E-state index in [0.717, 1.165) is 18.2 Å². The molecule has 21 heavy (non-hydrogen) atoms. The van der Waals surface area contributed by atoms with Crippen LogP contribution in [0, 0.1) is 11.6 Å². The van der Waals surface area contributed by atoms with Crippen molar-refractivity contribution in [1.29, 1.82) is 0 Å². The summed E-state index contributed by atoms with van der Waals surface area (Å²) in [4.78, 5) is 4.04. The van der Waals surface area contributed by atoms with E-state index in [2.05, 4.69) is 10.1 Å². The first-order chi connectivity index (χ1) is 9.79. The number of hydrogen-bond donors (Lipinski definition) is 1. The normalized spacial score (nSPS) is 14.4. The van der Waals surface area contributed by atoms with Crippen LogP contribution in [0.5, 0.6) is 0 Å². The zero-order valence-electron chi connectivity index (χ0n) is 12.1. The number of rotatable bonds is 5. The third-order valence-corrected chi connectivity index (χ3v) is 2.81. The summed E-state index contributed by atoms with van der Waals surface area (Å²) in [6.45, 7) is 5.60. The monoisotopic (exact) mass is 297 g/mol. The molecule has 0 aliphatic carbocycles. The molecule has 1 atom stereocenters. The summed E-state index contributed by atoms with van der Waals surface area (Å²) < 4.78 is 37.3. The second-order valence-corrected chi connectivity index (χ2v) is 5.32. The van der Waals surface area contributed by atoms with Gasteiger partial charge in [0.05, 0.1) is 18.3 Å². The molecule has 1 heterocycles. The van der Waals surface area contributed by atoms with E-state index in [-0.39, 0.29) is 30.0 Å². The van der Waals surface area contributed by atoms with E-state index in [1.54, 1.807) is 6.92 Å². The van der Waals surface area contributed by atoms with E-state index in [1.807, 2.05) is 13.8 Å². The Morgan fingerprint density at radius 1 is 1.38 bits per heavy atom. The van der Waals surface area contributed by atoms with Crippen molar-refractivity contribution in [3.8, 4) is 11.5 Å². The largest absolute Gasteiger partial charge is 0.376 e. The minimum atomic E-state index is -0.990. The molecule has 0 bridgehead atoms. The van der Waals surface area contributed by atoms with Crippen molar-refractivity contribution in [3.63, 3.8) is 0 Å². The number of ether oxygens (including phenoxy) is 1. The van der Waals surface area contributed by atoms with Crippen molar-refractivity contribution in [2.24, 2.45) is 5.73 Å². The van der Waals surface area contributed by atoms with Crippen LogP contribution in [0.3, 0.4) is 0 Å². The van der Waals surface area contributed by atoms with Gasteiger partial charge in [-0.15, -0.1) is 0 Å². The van der Waals surface area contributed by atoms with Gasteiger partial charge in [-0.3, -0.25) is 0 Å². The quantitative estimate of drug-likeness (QED) is 0.918. The van der Waals surface area contributed by atoms with Gasteiger partial charge in [0.1, 0.15) is 17.2 Å². The number of benzene rings is 1. The van der Waals surface area contributed by atoms with Gasteiger partial charge in [0.15, 0.2) is 5.82 Å². The molecule has 2 rings (SSSR count). The van der Waals surface area contributed by atoms with E-state index in [0.29, 0.717) is 0 Å². The molecular weight excluding hydrogens is 280 g/mol. The van der Waals surface area contributed by atoms with Crippen LogP contribution in [-0.4, -0.2) is 22.9 Å². The molecule has 1 aromatic heterocycles. The molecule has 2 aromatic rings. The molecule has 1 aromatic carbocycles. The lowest BCUT2D eigenvalue weighted by molar-refractivity contribution is 0.0410. The van der Waals surface area contributed by atoms with Crippen molar-refractivity contribution in [2.45, 2.75) is 32.4 Å². The van der Waals surface area contributed by atoms with E-state index in [1.165, 1.54) is 0 Å². The summed E-state index contributed by atoms with van der Waals surface area (Å²) in [5.74, 6) is -1.20. The number of nitrogens with zero attached hydrogens (tertiary/aromatic N) is 2. The molecule has 0 fully saturated rings. The van der Waals surface area contributed by atoms with Crippen LogP contribution in [0.2, 0.25) is 0 Å². The fourth-order valence-corrected chi connectivity index (χ4v) is 1.63. The SMILES string of the molecule is CC(C)OCC(C)(N)c1noc(-c2cc(F)ccc2F)n1. The van der Waals surface area contributed by atoms with Crippen LogP contribution >= 0.6 is 0 Å². The molecule has 114 valence electrons. The molecule has 0 saturated carbocycles. The zero-order chi connectivity index (χ0) is 15.6. The summed E-state index contributed by atoms with van der Waals surface area (Å²) in [6, 6.07) is 3.00. The summed E-state index contributed by atoms with van der Waals surface area (Å²) in [5.41, 5.74) is 4.98. The summed E-state index contributed by atoms with van der Waals surface area (Å²) in [5, 5.41) is 3.73. The fourth-order valence-electron chi connectivity index (χ4n) is 1.63. The number of aromatic nitrogens is 2. The van der Waals surface area contributed by atoms with Gasteiger partial charge < -0.3 is 15.0 Å². The maximum absolute atomic E-state index is 13.7. The first kappa shape index (κ1) is 15.5. The summed E-state index contributed by atoms with van der Waals surface area (Å²) >= 11 is 0. The second kappa shape index (κ2) is 5.87. The third kappa shape index (κ3) is 3.62. The molecule has 5 nitrogen and oxygen atoms in total. The van der Waals surface area contributed by atoms with Gasteiger partial charge >= 0.3 is 0 Å². The third-order valence-electron chi connectivity index (χ3n) is 2.81. The molecule has 0 saturated heterocycles. The molecular formula is C14H17F2N3O2. The Morgan fingerprint density at radius 2 is 2.10 bits per heavy atom. The first-order valence-corrected chi connectivity index (χ1v) is 6.49. The standard InChI is InChI=1S/C14H17F2N3O2/c1-8(2)20-7-14(3,17)13-18-12(21-19-13)10-6-9(15)4-5-11(10)16/h4-6,8H,7,17H2,1-3H3. The lowest BCUT2D eigenvalue weighted by atomic mass is 10.1. The van der Waals surface area contributed by atoms with Crippen molar-refractivity contribution in [2.75, 3.05) is 6.61 Å². The first-order valence-electron chi connectivity index (χ1n) is 6.49. The Morgan fingerprint density at radius 3 is 2.76 bits per heavy atom. The maximum atomic E-state index is 13.7. The Kier molecular flexibility index (Phi) is 4.34. The van der Waals surface area contributed by atoms with Gasteiger partial charge in [-0.1, -0.05) is 5.16 Å². The van der Waals surface area contributed by atoms with Gasteiger partial charge in [0.25, 0.3) is 5.89 Å². The van der Waals surface area contributed by atoms with Gasteiger partial charge in [0, 0.05) is 0 Å². The van der Waals surface area contributed by atoms with Gasteiger partial charge in [0.2, 0.25) is 0 Å². The van der Waals surface area contributed by atoms with Gasteiger partial charge in [-0.2, -0.15) is 4.98 Å². The minimum Gasteiger partial charge on any atom is -0.376 e. The lowest BCUT2D eigenvalue weighted by Gasteiger charge is -2.21. The average molecular weight is 297 g/mol. The van der Waals surface area contributed by atoms with Crippen LogP contribution in [-0.2, 0) is 10.3 Å². The van der Waals surface area contributed by atoms with Crippen LogP contribution in [0.15, 0.2) is 22.7 Å². The second-order valence-electron chi connectivity index (χ2n) is 5.32. The van der Waals surface area contributed by atoms with Gasteiger partial charge in [-0.05, 0) is 39.0 Å². The number of halogens is 2. The predicted molar refractivity (Wildman–Crippen MR) is 72.3 cm³/mol. The van der Waals surface area contributed by atoms with Crippen molar-refractivity contribution < 1.29 is 18.0 Å². The van der Waals surface area contributed by atoms with Crippen molar-refractivity contribution in [1.82, 2.24) is 10.1 Å². The fraction of sp³-hybridized carbons (Fsp3) is 0.429. The van der Waals surface area contributed by atoms with Crippen molar-refractivity contribution >= 4 is 0 Å². The highest BCUT2D eigenvalue weighted by Gasteiger charge is 2.29. The molecule has 0 spiro atoms. The molecule has 0 aliphatic heterocycles. The average Bonchev–Trinajstić information content (AvgIpc) is 2.90. The highest BCUT2D eigenvalue weighted by atomic mass is 19.1. The predicted octanol–water partition coefficient (Wildman–Crippen LogP) is 2.61. The summed E-state index contributed by atoms with van der Waals surface area (Å²) in [7, 11) is 0. The molecule has 1 unspecified atom stereocenters. The number of nitrogens with two attached hydrogens (primary N) is 1. The topological polar surface area (TPSA) is 74.2 Å².